The Labute approximate surface area is 159 Å². The Morgan fingerprint density at radius 3 is 2.41 bits per heavy atom. The fourth-order valence-electron chi connectivity index (χ4n) is 4.19. The number of carbonyl (C=O) groups excluding carboxylic acids is 2. The van der Waals surface area contributed by atoms with Crippen LogP contribution in [0.5, 0.6) is 0 Å². The first-order chi connectivity index (χ1) is 13.0. The van der Waals surface area contributed by atoms with Gasteiger partial charge in [-0.05, 0) is 63.9 Å². The van der Waals surface area contributed by atoms with Crippen molar-refractivity contribution in [3.63, 3.8) is 0 Å². The SMILES string of the molecule is C[C@@H](C(=O)NC1CCCCC1)N1CCC(C(=O)c2cc(F)ccc2F)CC1. The van der Waals surface area contributed by atoms with E-state index in [1.165, 1.54) is 19.3 Å². The minimum atomic E-state index is -0.677. The van der Waals surface area contributed by atoms with Gasteiger partial charge in [-0.1, -0.05) is 19.3 Å². The Morgan fingerprint density at radius 1 is 1.07 bits per heavy atom. The summed E-state index contributed by atoms with van der Waals surface area (Å²) in [6.45, 7) is 3.10. The summed E-state index contributed by atoms with van der Waals surface area (Å²) in [4.78, 5) is 27.1. The number of nitrogens with zero attached hydrogens (tertiary/aromatic N) is 1. The first-order valence-electron chi connectivity index (χ1n) is 9.99. The Morgan fingerprint density at radius 2 is 1.74 bits per heavy atom. The van der Waals surface area contributed by atoms with E-state index in [9.17, 15) is 18.4 Å². The third kappa shape index (κ3) is 4.92. The van der Waals surface area contributed by atoms with Gasteiger partial charge >= 0.3 is 0 Å². The Balaban J connectivity index is 1.52. The van der Waals surface area contributed by atoms with E-state index in [0.29, 0.717) is 25.9 Å². The Bertz CT molecular complexity index is 681. The van der Waals surface area contributed by atoms with Crippen LogP contribution in [0.4, 0.5) is 8.78 Å². The molecule has 1 aromatic rings. The van der Waals surface area contributed by atoms with E-state index in [0.717, 1.165) is 31.0 Å². The molecule has 2 fully saturated rings. The van der Waals surface area contributed by atoms with E-state index in [2.05, 4.69) is 10.2 Å². The molecule has 1 saturated heterocycles. The van der Waals surface area contributed by atoms with Gasteiger partial charge in [0.2, 0.25) is 5.91 Å². The van der Waals surface area contributed by atoms with Crippen LogP contribution >= 0.6 is 0 Å². The molecule has 0 spiro atoms. The van der Waals surface area contributed by atoms with Gasteiger partial charge in [0.1, 0.15) is 11.6 Å². The number of amides is 1. The molecule has 0 unspecified atom stereocenters. The molecule has 148 valence electrons. The summed E-state index contributed by atoms with van der Waals surface area (Å²) in [6, 6.07) is 3.03. The normalized spacial score (nSPS) is 21.0. The van der Waals surface area contributed by atoms with Gasteiger partial charge in [0, 0.05) is 12.0 Å². The molecule has 1 aromatic carbocycles. The molecule has 1 heterocycles. The van der Waals surface area contributed by atoms with Gasteiger partial charge in [0.05, 0.1) is 11.6 Å². The molecule has 0 radical (unpaired) electrons. The lowest BCUT2D eigenvalue weighted by molar-refractivity contribution is -0.127. The largest absolute Gasteiger partial charge is 0.352 e. The summed E-state index contributed by atoms with van der Waals surface area (Å²) in [5.74, 6) is -1.91. The smallest absolute Gasteiger partial charge is 0.237 e. The fourth-order valence-corrected chi connectivity index (χ4v) is 4.19. The highest BCUT2D eigenvalue weighted by molar-refractivity contribution is 5.98. The molecule has 0 bridgehead atoms. The summed E-state index contributed by atoms with van der Waals surface area (Å²) in [5.41, 5.74) is -0.170. The number of benzene rings is 1. The highest BCUT2D eigenvalue weighted by atomic mass is 19.1. The average Bonchev–Trinajstić information content (AvgIpc) is 2.69. The number of rotatable bonds is 5. The van der Waals surface area contributed by atoms with Crippen molar-refractivity contribution >= 4 is 11.7 Å². The maximum atomic E-state index is 13.9. The van der Waals surface area contributed by atoms with Gasteiger partial charge in [0.25, 0.3) is 0 Å². The van der Waals surface area contributed by atoms with Gasteiger partial charge in [-0.25, -0.2) is 8.78 Å². The lowest BCUT2D eigenvalue weighted by atomic mass is 9.88. The average molecular weight is 378 g/mol. The van der Waals surface area contributed by atoms with Crippen LogP contribution in [0, 0.1) is 17.6 Å². The molecular weight excluding hydrogens is 350 g/mol. The lowest BCUT2D eigenvalue weighted by Gasteiger charge is -2.35. The standard InChI is InChI=1S/C21H28F2N2O2/c1-14(21(27)24-17-5-3-2-4-6-17)25-11-9-15(10-12-25)20(26)18-13-16(22)7-8-19(18)23/h7-8,13-15,17H,2-6,9-12H2,1H3,(H,24,27)/t14-/m0/s1. The van der Waals surface area contributed by atoms with Gasteiger partial charge in [-0.15, -0.1) is 0 Å². The first-order valence-corrected chi connectivity index (χ1v) is 9.99. The molecule has 4 nitrogen and oxygen atoms in total. The molecule has 1 atom stereocenters. The number of Topliss-reactive ketones (excluding diaryl/α,β-unsaturated/α-hetero) is 1. The quantitative estimate of drug-likeness (QED) is 0.795. The Hall–Kier alpha value is -1.82. The van der Waals surface area contributed by atoms with Crippen molar-refractivity contribution in [1.82, 2.24) is 10.2 Å². The van der Waals surface area contributed by atoms with Gasteiger partial charge < -0.3 is 5.32 Å². The highest BCUT2D eigenvalue weighted by Crippen LogP contribution is 2.25. The maximum absolute atomic E-state index is 13.9. The molecule has 27 heavy (non-hydrogen) atoms. The summed E-state index contributed by atoms with van der Waals surface area (Å²) in [7, 11) is 0. The van der Waals surface area contributed by atoms with Crippen molar-refractivity contribution in [2.24, 2.45) is 5.92 Å². The van der Waals surface area contributed by atoms with E-state index in [4.69, 9.17) is 0 Å². The molecule has 1 aliphatic heterocycles. The molecule has 2 aliphatic rings. The van der Waals surface area contributed by atoms with Crippen molar-refractivity contribution in [3.05, 3.63) is 35.4 Å². The molecule has 1 amide bonds. The fraction of sp³-hybridized carbons (Fsp3) is 0.619. The number of hydrogen-bond acceptors (Lipinski definition) is 3. The molecule has 3 rings (SSSR count). The van der Waals surface area contributed by atoms with E-state index in [1.54, 1.807) is 0 Å². The second-order valence-corrected chi connectivity index (χ2v) is 7.82. The van der Waals surface area contributed by atoms with Gasteiger partial charge in [-0.2, -0.15) is 0 Å². The van der Waals surface area contributed by atoms with Crippen LogP contribution < -0.4 is 5.32 Å². The lowest BCUT2D eigenvalue weighted by Crippen LogP contribution is -2.51. The predicted octanol–water partition coefficient (Wildman–Crippen LogP) is 3.70. The number of halogens is 2. The molecule has 0 aromatic heterocycles. The first kappa shape index (κ1) is 19.9. The van der Waals surface area contributed by atoms with Gasteiger partial charge in [-0.3, -0.25) is 14.5 Å². The van der Waals surface area contributed by atoms with Crippen molar-refractivity contribution in [3.8, 4) is 0 Å². The van der Waals surface area contributed by atoms with Crippen LogP contribution in [0.2, 0.25) is 0 Å². The number of ketones is 1. The molecule has 1 aliphatic carbocycles. The van der Waals surface area contributed by atoms with Crippen molar-refractivity contribution in [1.29, 1.82) is 0 Å². The number of hydrogen-bond donors (Lipinski definition) is 1. The van der Waals surface area contributed by atoms with Crippen LogP contribution in [0.1, 0.15) is 62.2 Å². The Kier molecular flexibility index (Phi) is 6.58. The zero-order valence-corrected chi connectivity index (χ0v) is 15.8. The van der Waals surface area contributed by atoms with E-state index >= 15 is 0 Å². The van der Waals surface area contributed by atoms with Crippen LogP contribution in [-0.2, 0) is 4.79 Å². The zero-order valence-electron chi connectivity index (χ0n) is 15.8. The predicted molar refractivity (Wildman–Crippen MR) is 99.5 cm³/mol. The van der Waals surface area contributed by atoms with Crippen LogP contribution in [-0.4, -0.2) is 41.8 Å². The number of nitrogens with one attached hydrogen (secondary N) is 1. The summed E-state index contributed by atoms with van der Waals surface area (Å²) < 4.78 is 27.2. The van der Waals surface area contributed by atoms with Gasteiger partial charge in [0.15, 0.2) is 5.78 Å². The maximum Gasteiger partial charge on any atom is 0.237 e. The zero-order chi connectivity index (χ0) is 19.4. The summed E-state index contributed by atoms with van der Waals surface area (Å²) >= 11 is 0. The van der Waals surface area contributed by atoms with E-state index < -0.39 is 11.6 Å². The minimum Gasteiger partial charge on any atom is -0.352 e. The second-order valence-electron chi connectivity index (χ2n) is 7.82. The molecule has 1 N–H and O–H groups in total. The molecular formula is C21H28F2N2O2. The van der Waals surface area contributed by atoms with E-state index in [1.807, 2.05) is 6.92 Å². The second kappa shape index (κ2) is 8.91. The third-order valence-electron chi connectivity index (χ3n) is 5.97. The molecule has 6 heteroatoms. The number of likely N-dealkylation sites (tertiary alicyclic amines) is 1. The van der Waals surface area contributed by atoms with E-state index in [-0.39, 0.29) is 35.3 Å². The summed E-state index contributed by atoms with van der Waals surface area (Å²) in [5, 5.41) is 3.15. The topological polar surface area (TPSA) is 49.4 Å². The molecule has 1 saturated carbocycles. The summed E-state index contributed by atoms with van der Waals surface area (Å²) in [6.07, 6.45) is 6.79. The van der Waals surface area contributed by atoms with Crippen LogP contribution in [0.15, 0.2) is 18.2 Å². The van der Waals surface area contributed by atoms with Crippen molar-refractivity contribution < 1.29 is 18.4 Å². The minimum absolute atomic E-state index is 0.0443. The number of carbonyl (C=O) groups is 2. The van der Waals surface area contributed by atoms with Crippen LogP contribution in [0.25, 0.3) is 0 Å². The van der Waals surface area contributed by atoms with Crippen molar-refractivity contribution in [2.75, 3.05) is 13.1 Å². The monoisotopic (exact) mass is 378 g/mol. The van der Waals surface area contributed by atoms with Crippen molar-refractivity contribution in [2.45, 2.75) is 64.0 Å². The van der Waals surface area contributed by atoms with Crippen LogP contribution in [0.3, 0.4) is 0 Å². The highest BCUT2D eigenvalue weighted by Gasteiger charge is 2.32. The number of piperidine rings is 1. The third-order valence-corrected chi connectivity index (χ3v) is 5.97.